The number of hydrogen-bond acceptors (Lipinski definition) is 6. The molecule has 0 aliphatic carbocycles. The number of hydrogen-bond donors (Lipinski definition) is 3. The van der Waals surface area contributed by atoms with Crippen LogP contribution in [0.25, 0.3) is 11.3 Å². The molecule has 0 unspecified atom stereocenters. The van der Waals surface area contributed by atoms with Crippen LogP contribution >= 0.6 is 22.4 Å². The van der Waals surface area contributed by atoms with Crippen LogP contribution in [0.5, 0.6) is 0 Å². The van der Waals surface area contributed by atoms with Gasteiger partial charge in [-0.05, 0) is 48.5 Å². The third-order valence-electron chi connectivity index (χ3n) is 4.68. The Morgan fingerprint density at radius 3 is 2.74 bits per heavy atom. The van der Waals surface area contributed by atoms with Gasteiger partial charge in [-0.1, -0.05) is 28.4 Å². The van der Waals surface area contributed by atoms with E-state index in [1.165, 1.54) is 16.4 Å². The van der Waals surface area contributed by atoms with E-state index in [0.29, 0.717) is 22.0 Å². The number of nitrogens with one attached hydrogen (secondary N) is 1. The van der Waals surface area contributed by atoms with Crippen LogP contribution in [0, 0.1) is 5.82 Å². The number of aromatic nitrogens is 1. The number of nitrogens with zero attached hydrogens (tertiary/aromatic N) is 2. The first-order valence-corrected chi connectivity index (χ1v) is 11.3. The van der Waals surface area contributed by atoms with Gasteiger partial charge in [-0.15, -0.1) is 0 Å². The summed E-state index contributed by atoms with van der Waals surface area (Å²) in [6.45, 7) is 0.489. The summed E-state index contributed by atoms with van der Waals surface area (Å²) in [5.74, 6) is -1.67. The first-order valence-electron chi connectivity index (χ1n) is 9.28. The van der Waals surface area contributed by atoms with E-state index in [-0.39, 0.29) is 30.3 Å². The van der Waals surface area contributed by atoms with Crippen molar-refractivity contribution in [3.05, 3.63) is 77.2 Å². The maximum Gasteiger partial charge on any atom is 0.258 e. The maximum atomic E-state index is 14.7. The lowest BCUT2D eigenvalue weighted by molar-refractivity contribution is 0.102. The molecule has 0 spiro atoms. The van der Waals surface area contributed by atoms with Crippen molar-refractivity contribution in [1.29, 1.82) is 0 Å². The minimum Gasteiger partial charge on any atom is -0.357 e. The number of carbonyl (C=O) groups is 1. The molecule has 0 saturated carbocycles. The van der Waals surface area contributed by atoms with Crippen molar-refractivity contribution in [2.24, 2.45) is 0 Å². The fraction of sp³-hybridized carbons (Fsp3) is 0.143. The molecular formula is C21H19ClFN3O4S. The molecule has 2 heterocycles. The number of benzene rings is 2. The maximum absolute atomic E-state index is 14.7. The Morgan fingerprint density at radius 2 is 2.03 bits per heavy atom. The van der Waals surface area contributed by atoms with Crippen molar-refractivity contribution >= 4 is 39.7 Å². The van der Waals surface area contributed by atoms with Crippen molar-refractivity contribution in [3.8, 4) is 11.3 Å². The average Bonchev–Trinajstić information content (AvgIpc) is 2.75. The van der Waals surface area contributed by atoms with Gasteiger partial charge in [0.15, 0.2) is 5.94 Å². The summed E-state index contributed by atoms with van der Waals surface area (Å²) in [7, 11) is -3.18. The summed E-state index contributed by atoms with van der Waals surface area (Å²) in [6, 6.07) is 14.2. The van der Waals surface area contributed by atoms with E-state index in [2.05, 4.69) is 10.3 Å². The normalized spacial score (nSPS) is 16.6. The highest BCUT2D eigenvalue weighted by Crippen LogP contribution is 2.48. The molecule has 0 bridgehead atoms. The number of carbonyl (C=O) groups excluding carboxylic acids is 1. The first-order chi connectivity index (χ1) is 14.8. The van der Waals surface area contributed by atoms with Crippen molar-refractivity contribution in [3.63, 3.8) is 0 Å². The summed E-state index contributed by atoms with van der Waals surface area (Å²) < 4.78 is 41.3. The lowest BCUT2D eigenvalue weighted by atomic mass is 10.1. The Bertz CT molecular complexity index is 1120. The lowest BCUT2D eigenvalue weighted by Crippen LogP contribution is -2.38. The Hall–Kier alpha value is -2.69. The zero-order valence-electron chi connectivity index (χ0n) is 16.2. The molecular weight excluding hydrogens is 445 g/mol. The summed E-state index contributed by atoms with van der Waals surface area (Å²) in [6.07, 6.45) is 1.64. The van der Waals surface area contributed by atoms with Gasteiger partial charge in [0.05, 0.1) is 35.1 Å². The highest BCUT2D eigenvalue weighted by molar-refractivity contribution is 8.25. The van der Waals surface area contributed by atoms with Crippen LogP contribution in [0.1, 0.15) is 10.4 Å². The summed E-state index contributed by atoms with van der Waals surface area (Å²) in [5, 5.41) is 3.13. The van der Waals surface area contributed by atoms with Crippen LogP contribution in [-0.2, 0) is 4.74 Å². The molecule has 1 fully saturated rings. The molecule has 0 radical (unpaired) electrons. The third-order valence-corrected chi connectivity index (χ3v) is 6.60. The molecule has 0 atom stereocenters. The Kier molecular flexibility index (Phi) is 6.12. The predicted octanol–water partition coefficient (Wildman–Crippen LogP) is 5.25. The zero-order valence-corrected chi connectivity index (χ0v) is 17.7. The Balaban J connectivity index is 1.55. The molecule has 4 rings (SSSR count). The number of amides is 1. The average molecular weight is 464 g/mol. The Labute approximate surface area is 184 Å². The van der Waals surface area contributed by atoms with Gasteiger partial charge in [0.25, 0.3) is 5.91 Å². The van der Waals surface area contributed by atoms with Gasteiger partial charge < -0.3 is 10.1 Å². The minimum absolute atomic E-state index is 0.178. The van der Waals surface area contributed by atoms with Gasteiger partial charge in [0.2, 0.25) is 0 Å². The standard InChI is InChI=1S/C21H19ClFN3O4S/c22-18-7-4-14(11-17(18)20-3-1-2-8-24-20)25-21(27)16-6-5-15(12-19(16)23)26-9-10-30-13-31(26,28)29/h1-8,11-12,28-29H,9-10,13H2,(H,25,27). The highest BCUT2D eigenvalue weighted by Gasteiger charge is 2.28. The topological polar surface area (TPSA) is 94.9 Å². The van der Waals surface area contributed by atoms with Crippen molar-refractivity contribution < 1.29 is 23.0 Å². The van der Waals surface area contributed by atoms with Gasteiger partial charge in [-0.3, -0.25) is 23.2 Å². The highest BCUT2D eigenvalue weighted by atomic mass is 35.5. The fourth-order valence-corrected chi connectivity index (χ4v) is 4.69. The van der Waals surface area contributed by atoms with Gasteiger partial charge in [0, 0.05) is 17.4 Å². The molecule has 1 aromatic heterocycles. The van der Waals surface area contributed by atoms with Gasteiger partial charge in [-0.2, -0.15) is 0 Å². The number of pyridine rings is 1. The number of anilines is 2. The van der Waals surface area contributed by atoms with E-state index >= 15 is 0 Å². The molecule has 1 saturated heterocycles. The molecule has 1 amide bonds. The first kappa shape index (κ1) is 21.5. The summed E-state index contributed by atoms with van der Waals surface area (Å²) >= 11 is 6.26. The van der Waals surface area contributed by atoms with Crippen LogP contribution in [0.3, 0.4) is 0 Å². The molecule has 7 nitrogen and oxygen atoms in total. The fourth-order valence-electron chi connectivity index (χ4n) is 3.19. The predicted molar refractivity (Wildman–Crippen MR) is 120 cm³/mol. The monoisotopic (exact) mass is 463 g/mol. The van der Waals surface area contributed by atoms with Crippen molar-refractivity contribution in [2.75, 3.05) is 28.7 Å². The van der Waals surface area contributed by atoms with Crippen LogP contribution in [0.2, 0.25) is 5.02 Å². The number of rotatable bonds is 4. The molecule has 2 aromatic carbocycles. The van der Waals surface area contributed by atoms with E-state index in [1.54, 1.807) is 36.5 Å². The molecule has 162 valence electrons. The molecule has 10 heteroatoms. The van der Waals surface area contributed by atoms with E-state index in [1.807, 2.05) is 6.07 Å². The largest absolute Gasteiger partial charge is 0.357 e. The van der Waals surface area contributed by atoms with Crippen molar-refractivity contribution in [2.45, 2.75) is 0 Å². The van der Waals surface area contributed by atoms with Crippen LogP contribution in [0.15, 0.2) is 60.8 Å². The Morgan fingerprint density at radius 1 is 1.19 bits per heavy atom. The zero-order chi connectivity index (χ0) is 22.0. The second-order valence-electron chi connectivity index (χ2n) is 6.79. The second kappa shape index (κ2) is 8.81. The van der Waals surface area contributed by atoms with Crippen LogP contribution in [-0.4, -0.2) is 39.1 Å². The summed E-state index contributed by atoms with van der Waals surface area (Å²) in [5.41, 5.74) is 1.79. The van der Waals surface area contributed by atoms with Gasteiger partial charge in [-0.25, -0.2) is 4.39 Å². The lowest BCUT2D eigenvalue weighted by Gasteiger charge is -2.46. The van der Waals surface area contributed by atoms with Gasteiger partial charge in [0.1, 0.15) is 5.82 Å². The number of halogens is 2. The van der Waals surface area contributed by atoms with Crippen LogP contribution in [0.4, 0.5) is 15.8 Å². The second-order valence-corrected chi connectivity index (χ2v) is 9.14. The molecule has 1 aliphatic rings. The van der Waals surface area contributed by atoms with Crippen molar-refractivity contribution in [1.82, 2.24) is 4.98 Å². The SMILES string of the molecule is O=C(Nc1ccc(Cl)c(-c2ccccn2)c1)c1ccc(N2CCOCS2(O)O)cc1F. The smallest absolute Gasteiger partial charge is 0.258 e. The number of ether oxygens (including phenoxy) is 1. The minimum atomic E-state index is -3.18. The van der Waals surface area contributed by atoms with E-state index in [9.17, 15) is 18.3 Å². The van der Waals surface area contributed by atoms with E-state index in [4.69, 9.17) is 16.3 Å². The van der Waals surface area contributed by atoms with E-state index < -0.39 is 22.5 Å². The van der Waals surface area contributed by atoms with Crippen LogP contribution < -0.4 is 9.62 Å². The molecule has 1 aliphatic heterocycles. The van der Waals surface area contributed by atoms with E-state index in [0.717, 1.165) is 6.07 Å². The summed E-state index contributed by atoms with van der Waals surface area (Å²) in [4.78, 5) is 16.9. The van der Waals surface area contributed by atoms with Gasteiger partial charge >= 0.3 is 0 Å². The molecule has 31 heavy (non-hydrogen) atoms. The third kappa shape index (κ3) is 4.65. The quantitative estimate of drug-likeness (QED) is 0.489. The molecule has 3 aromatic rings. The molecule has 3 N–H and O–H groups in total.